The normalized spacial score (nSPS) is 19.9. The molecule has 0 bridgehead atoms. The Kier molecular flexibility index (Phi) is 5.61. The van der Waals surface area contributed by atoms with Gasteiger partial charge in [0.25, 0.3) is 11.5 Å². The van der Waals surface area contributed by atoms with Gasteiger partial charge in [0.15, 0.2) is 5.69 Å². The number of aryl methyl sites for hydroxylation is 1. The highest BCUT2D eigenvalue weighted by molar-refractivity contribution is 5.91. The Morgan fingerprint density at radius 2 is 2.12 bits per heavy atom. The number of carbonyl (C=O) groups excluding carboxylic acids is 1. The number of carbonyl (C=O) groups is 1. The van der Waals surface area contributed by atoms with Crippen molar-refractivity contribution in [3.05, 3.63) is 34.0 Å². The van der Waals surface area contributed by atoms with E-state index in [1.54, 1.807) is 17.8 Å². The Hall–Kier alpha value is -2.75. The highest BCUT2D eigenvalue weighted by Gasteiger charge is 2.22. The van der Waals surface area contributed by atoms with Crippen molar-refractivity contribution in [2.45, 2.75) is 44.7 Å². The van der Waals surface area contributed by atoms with Crippen LogP contribution < -0.4 is 21.9 Å². The Morgan fingerprint density at radius 3 is 2.85 bits per heavy atom. The first-order valence-electron chi connectivity index (χ1n) is 8.78. The van der Waals surface area contributed by atoms with E-state index in [4.69, 9.17) is 5.73 Å². The van der Waals surface area contributed by atoms with Crippen LogP contribution in [0, 0.1) is 6.92 Å². The molecule has 2 aromatic rings. The zero-order valence-electron chi connectivity index (χ0n) is 14.7. The molecule has 140 valence electrons. The van der Waals surface area contributed by atoms with Gasteiger partial charge in [-0.15, -0.1) is 5.10 Å². The summed E-state index contributed by atoms with van der Waals surface area (Å²) in [4.78, 5) is 30.3. The molecule has 1 saturated carbocycles. The molecule has 2 aromatic heterocycles. The van der Waals surface area contributed by atoms with E-state index in [0.29, 0.717) is 30.4 Å². The SMILES string of the molecule is Cc1cc(=O)[nH]c(NCCNC(=O)c2cn(C3CCC(N)CC3)nn2)n1. The quantitative estimate of drug-likeness (QED) is 0.529. The summed E-state index contributed by atoms with van der Waals surface area (Å²) in [6, 6.07) is 1.94. The molecule has 0 spiro atoms. The number of aromatic amines is 1. The van der Waals surface area contributed by atoms with Crippen molar-refractivity contribution in [3.63, 3.8) is 0 Å². The van der Waals surface area contributed by atoms with E-state index in [-0.39, 0.29) is 23.6 Å². The van der Waals surface area contributed by atoms with Crippen molar-refractivity contribution in [3.8, 4) is 0 Å². The van der Waals surface area contributed by atoms with Gasteiger partial charge in [-0.25, -0.2) is 9.67 Å². The Balaban J connectivity index is 1.46. The number of nitrogens with one attached hydrogen (secondary N) is 3. The maximum absolute atomic E-state index is 12.2. The lowest BCUT2D eigenvalue weighted by molar-refractivity contribution is 0.0950. The lowest BCUT2D eigenvalue weighted by Crippen LogP contribution is -2.30. The van der Waals surface area contributed by atoms with Crippen LogP contribution in [0.1, 0.15) is 47.9 Å². The summed E-state index contributed by atoms with van der Waals surface area (Å²) >= 11 is 0. The highest BCUT2D eigenvalue weighted by Crippen LogP contribution is 2.26. The predicted octanol–water partition coefficient (Wildman–Crippen LogP) is -0.0459. The van der Waals surface area contributed by atoms with Crippen LogP contribution in [0.4, 0.5) is 5.95 Å². The van der Waals surface area contributed by atoms with Gasteiger partial charge in [0, 0.05) is 30.9 Å². The molecular formula is C16H24N8O2. The highest BCUT2D eigenvalue weighted by atomic mass is 16.2. The fraction of sp³-hybridized carbons (Fsp3) is 0.562. The maximum atomic E-state index is 12.2. The predicted molar refractivity (Wildman–Crippen MR) is 95.9 cm³/mol. The van der Waals surface area contributed by atoms with Crippen LogP contribution in [0.25, 0.3) is 0 Å². The number of nitrogens with two attached hydrogens (primary N) is 1. The lowest BCUT2D eigenvalue weighted by atomic mass is 9.92. The maximum Gasteiger partial charge on any atom is 0.273 e. The van der Waals surface area contributed by atoms with Gasteiger partial charge in [-0.3, -0.25) is 14.6 Å². The van der Waals surface area contributed by atoms with Crippen molar-refractivity contribution >= 4 is 11.9 Å². The summed E-state index contributed by atoms with van der Waals surface area (Å²) < 4.78 is 1.76. The summed E-state index contributed by atoms with van der Waals surface area (Å²) in [5.74, 6) is 0.0990. The smallest absolute Gasteiger partial charge is 0.273 e. The van der Waals surface area contributed by atoms with E-state index in [1.165, 1.54) is 6.07 Å². The van der Waals surface area contributed by atoms with Crippen LogP contribution in [0.3, 0.4) is 0 Å². The molecule has 1 amide bonds. The Morgan fingerprint density at radius 1 is 1.35 bits per heavy atom. The topological polar surface area (TPSA) is 144 Å². The van der Waals surface area contributed by atoms with Gasteiger partial charge in [0.05, 0.1) is 12.2 Å². The summed E-state index contributed by atoms with van der Waals surface area (Å²) in [7, 11) is 0. The van der Waals surface area contributed by atoms with Crippen LogP contribution in [0.15, 0.2) is 17.1 Å². The third-order valence-electron chi connectivity index (χ3n) is 4.43. The van der Waals surface area contributed by atoms with Crippen LogP contribution >= 0.6 is 0 Å². The molecular weight excluding hydrogens is 336 g/mol. The van der Waals surface area contributed by atoms with Crippen LogP contribution in [-0.2, 0) is 0 Å². The molecule has 0 aliphatic heterocycles. The molecule has 0 aromatic carbocycles. The standard InChI is InChI=1S/C16H24N8O2/c1-10-8-14(25)21-16(20-10)19-7-6-18-15(26)13-9-24(23-22-13)12-4-2-11(17)3-5-12/h8-9,11-12H,2-7,17H2,1H3,(H,18,26)(H2,19,20,21,25). The molecule has 1 aliphatic carbocycles. The monoisotopic (exact) mass is 360 g/mol. The number of aromatic nitrogens is 5. The van der Waals surface area contributed by atoms with E-state index in [1.807, 2.05) is 0 Å². The minimum Gasteiger partial charge on any atom is -0.354 e. The third kappa shape index (κ3) is 4.66. The van der Waals surface area contributed by atoms with Crippen LogP contribution in [-0.4, -0.2) is 50.0 Å². The Labute approximate surface area is 150 Å². The summed E-state index contributed by atoms with van der Waals surface area (Å²) in [6.07, 6.45) is 5.53. The minimum atomic E-state index is -0.281. The van der Waals surface area contributed by atoms with Crippen molar-refractivity contribution < 1.29 is 4.79 Å². The molecule has 0 unspecified atom stereocenters. The second-order valence-corrected chi connectivity index (χ2v) is 6.57. The zero-order valence-corrected chi connectivity index (χ0v) is 14.7. The van der Waals surface area contributed by atoms with E-state index < -0.39 is 0 Å². The van der Waals surface area contributed by atoms with Gasteiger partial charge in [0.1, 0.15) is 0 Å². The number of nitrogens with zero attached hydrogens (tertiary/aromatic N) is 4. The molecule has 2 heterocycles. The number of amides is 1. The van der Waals surface area contributed by atoms with Crippen molar-refractivity contribution in [1.29, 1.82) is 0 Å². The zero-order chi connectivity index (χ0) is 18.5. The summed E-state index contributed by atoms with van der Waals surface area (Å²) in [5, 5.41) is 13.8. The molecule has 0 atom stereocenters. The average molecular weight is 360 g/mol. The first-order valence-corrected chi connectivity index (χ1v) is 8.78. The third-order valence-corrected chi connectivity index (χ3v) is 4.43. The average Bonchev–Trinajstić information content (AvgIpc) is 3.08. The number of hydrogen-bond donors (Lipinski definition) is 4. The van der Waals surface area contributed by atoms with Crippen molar-refractivity contribution in [2.24, 2.45) is 5.73 Å². The molecule has 10 nitrogen and oxygen atoms in total. The first-order chi connectivity index (χ1) is 12.5. The number of rotatable bonds is 6. The Bertz CT molecular complexity index is 807. The molecule has 1 aliphatic rings. The largest absolute Gasteiger partial charge is 0.354 e. The first kappa shape index (κ1) is 18.1. The molecule has 1 fully saturated rings. The van der Waals surface area contributed by atoms with Gasteiger partial charge in [-0.05, 0) is 32.6 Å². The lowest BCUT2D eigenvalue weighted by Gasteiger charge is -2.25. The van der Waals surface area contributed by atoms with Crippen LogP contribution in [0.5, 0.6) is 0 Å². The molecule has 0 radical (unpaired) electrons. The van der Waals surface area contributed by atoms with E-state index in [2.05, 4.69) is 30.9 Å². The molecule has 3 rings (SSSR count). The second-order valence-electron chi connectivity index (χ2n) is 6.57. The number of H-pyrrole nitrogens is 1. The summed E-state index contributed by atoms with van der Waals surface area (Å²) in [5.41, 5.74) is 6.62. The van der Waals surface area contributed by atoms with Crippen molar-refractivity contribution in [2.75, 3.05) is 18.4 Å². The molecule has 5 N–H and O–H groups in total. The molecule has 26 heavy (non-hydrogen) atoms. The molecule has 10 heteroatoms. The minimum absolute atomic E-state index is 0.218. The second kappa shape index (κ2) is 8.09. The van der Waals surface area contributed by atoms with Gasteiger partial charge >= 0.3 is 0 Å². The van der Waals surface area contributed by atoms with Crippen LogP contribution in [0.2, 0.25) is 0 Å². The van der Waals surface area contributed by atoms with Gasteiger partial charge < -0.3 is 16.4 Å². The number of anilines is 1. The van der Waals surface area contributed by atoms with E-state index in [9.17, 15) is 9.59 Å². The number of hydrogen-bond acceptors (Lipinski definition) is 7. The molecule has 0 saturated heterocycles. The fourth-order valence-electron chi connectivity index (χ4n) is 3.04. The van der Waals surface area contributed by atoms with E-state index >= 15 is 0 Å². The van der Waals surface area contributed by atoms with Gasteiger partial charge in [-0.2, -0.15) is 0 Å². The van der Waals surface area contributed by atoms with Gasteiger partial charge in [0.2, 0.25) is 5.95 Å². The van der Waals surface area contributed by atoms with Crippen molar-refractivity contribution in [1.82, 2.24) is 30.3 Å². The van der Waals surface area contributed by atoms with Gasteiger partial charge in [-0.1, -0.05) is 5.21 Å². The fourth-order valence-corrected chi connectivity index (χ4v) is 3.04. The summed E-state index contributed by atoms with van der Waals surface area (Å²) in [6.45, 7) is 2.53. The van der Waals surface area contributed by atoms with E-state index in [0.717, 1.165) is 25.7 Å².